The van der Waals surface area contributed by atoms with Crippen LogP contribution in [-0.4, -0.2) is 40.6 Å². The number of fused-ring (bicyclic) bond motifs is 1. The van der Waals surface area contributed by atoms with Gasteiger partial charge in [0.15, 0.2) is 11.6 Å². The Kier molecular flexibility index (Phi) is 7.16. The number of halogens is 3. The van der Waals surface area contributed by atoms with Gasteiger partial charge >= 0.3 is 6.01 Å². The van der Waals surface area contributed by atoms with E-state index in [-0.39, 0.29) is 29.1 Å². The summed E-state index contributed by atoms with van der Waals surface area (Å²) in [4.78, 5) is 37.0. The molecule has 206 valence electrons. The smallest absolute Gasteiger partial charge is 0.319 e. The largest absolute Gasteiger partial charge is 0.479 e. The molecule has 0 saturated heterocycles. The van der Waals surface area contributed by atoms with E-state index >= 15 is 0 Å². The maximum absolute atomic E-state index is 14.4. The van der Waals surface area contributed by atoms with Crippen molar-refractivity contribution < 1.29 is 27.8 Å². The van der Waals surface area contributed by atoms with Crippen LogP contribution in [0.15, 0.2) is 54.9 Å². The molecule has 1 atom stereocenters. The molecule has 12 heteroatoms. The number of methoxy groups -OCH3 is 2. The van der Waals surface area contributed by atoms with Gasteiger partial charge in [-0.3, -0.25) is 14.5 Å². The molecule has 1 aliphatic rings. The van der Waals surface area contributed by atoms with E-state index in [4.69, 9.17) is 21.1 Å². The summed E-state index contributed by atoms with van der Waals surface area (Å²) < 4.78 is 40.5. The molecule has 3 heterocycles. The van der Waals surface area contributed by atoms with Crippen molar-refractivity contribution in [2.45, 2.75) is 25.8 Å². The predicted molar refractivity (Wildman–Crippen MR) is 145 cm³/mol. The van der Waals surface area contributed by atoms with Gasteiger partial charge < -0.3 is 19.4 Å². The highest BCUT2D eigenvalue weighted by atomic mass is 35.5. The SMILES string of the molecule is COc1ncc(-n2cc(C(=O)N(c3ccc(F)c(F)c3)C3C(=O)Nc4cc(Cl)ccc43)cc2C(C)C)c(OC)n1. The summed E-state index contributed by atoms with van der Waals surface area (Å²) in [5, 5.41) is 3.11. The summed E-state index contributed by atoms with van der Waals surface area (Å²) >= 11 is 6.11. The van der Waals surface area contributed by atoms with Gasteiger partial charge in [0.25, 0.3) is 11.8 Å². The monoisotopic (exact) mass is 567 g/mol. The first-order chi connectivity index (χ1) is 19.1. The van der Waals surface area contributed by atoms with E-state index in [1.807, 2.05) is 13.8 Å². The molecule has 0 aliphatic carbocycles. The van der Waals surface area contributed by atoms with Gasteiger partial charge in [-0.05, 0) is 36.2 Å². The molecule has 0 bridgehead atoms. The zero-order valence-electron chi connectivity index (χ0n) is 21.9. The fraction of sp³-hybridized carbons (Fsp3) is 0.214. The average molecular weight is 568 g/mol. The number of nitrogens with zero attached hydrogens (tertiary/aromatic N) is 4. The number of carbonyl (C=O) groups is 2. The molecule has 2 amide bonds. The van der Waals surface area contributed by atoms with Gasteiger partial charge in [-0.25, -0.2) is 13.8 Å². The Balaban J connectivity index is 1.67. The van der Waals surface area contributed by atoms with E-state index in [0.717, 1.165) is 17.0 Å². The number of amides is 2. The first kappa shape index (κ1) is 27.1. The quantitative estimate of drug-likeness (QED) is 0.308. The van der Waals surface area contributed by atoms with Crippen molar-refractivity contribution in [3.05, 3.63) is 88.3 Å². The van der Waals surface area contributed by atoms with Crippen LogP contribution >= 0.6 is 11.6 Å². The van der Waals surface area contributed by atoms with E-state index in [0.29, 0.717) is 27.7 Å². The Labute approximate surface area is 233 Å². The molecule has 0 radical (unpaired) electrons. The lowest BCUT2D eigenvalue weighted by molar-refractivity contribution is -0.116. The summed E-state index contributed by atoms with van der Waals surface area (Å²) in [7, 11) is 2.88. The van der Waals surface area contributed by atoms with Gasteiger partial charge in [0, 0.05) is 39.9 Å². The van der Waals surface area contributed by atoms with Crippen molar-refractivity contribution in [3.63, 3.8) is 0 Å². The fourth-order valence-corrected chi connectivity index (χ4v) is 4.81. The van der Waals surface area contributed by atoms with Crippen molar-refractivity contribution in [1.82, 2.24) is 14.5 Å². The molecule has 1 N–H and O–H groups in total. The van der Waals surface area contributed by atoms with Gasteiger partial charge in [0.05, 0.1) is 26.0 Å². The lowest BCUT2D eigenvalue weighted by Crippen LogP contribution is -2.38. The van der Waals surface area contributed by atoms with Crippen LogP contribution in [0.25, 0.3) is 5.69 Å². The van der Waals surface area contributed by atoms with Crippen molar-refractivity contribution in [1.29, 1.82) is 0 Å². The molecule has 4 aromatic rings. The van der Waals surface area contributed by atoms with Crippen LogP contribution in [-0.2, 0) is 4.79 Å². The summed E-state index contributed by atoms with van der Waals surface area (Å²) in [6.07, 6.45) is 3.07. The van der Waals surface area contributed by atoms with Gasteiger partial charge in [0.2, 0.25) is 5.88 Å². The Morgan fingerprint density at radius 1 is 1.10 bits per heavy atom. The van der Waals surface area contributed by atoms with Crippen LogP contribution in [0, 0.1) is 11.6 Å². The third kappa shape index (κ3) is 4.73. The molecular weight excluding hydrogens is 544 g/mol. The second kappa shape index (κ2) is 10.6. The van der Waals surface area contributed by atoms with Crippen molar-refractivity contribution in [2.75, 3.05) is 24.4 Å². The molecule has 0 saturated carbocycles. The number of nitrogens with one attached hydrogen (secondary N) is 1. The molecule has 0 fully saturated rings. The Morgan fingerprint density at radius 2 is 1.88 bits per heavy atom. The summed E-state index contributed by atoms with van der Waals surface area (Å²) in [5.41, 5.74) is 2.22. The van der Waals surface area contributed by atoms with Gasteiger partial charge in [-0.1, -0.05) is 31.5 Å². The summed E-state index contributed by atoms with van der Waals surface area (Å²) in [6.45, 7) is 3.88. The van der Waals surface area contributed by atoms with Crippen LogP contribution in [0.3, 0.4) is 0 Å². The number of benzene rings is 2. The molecule has 1 aliphatic heterocycles. The number of rotatable bonds is 7. The minimum atomic E-state index is -1.17. The van der Waals surface area contributed by atoms with Crippen molar-refractivity contribution >= 4 is 34.8 Å². The molecule has 1 unspecified atom stereocenters. The lowest BCUT2D eigenvalue weighted by atomic mass is 10.0. The molecule has 2 aromatic carbocycles. The average Bonchev–Trinajstić information content (AvgIpc) is 3.51. The Hall–Kier alpha value is -4.51. The first-order valence-corrected chi connectivity index (χ1v) is 12.6. The molecule has 0 spiro atoms. The zero-order chi connectivity index (χ0) is 28.7. The highest BCUT2D eigenvalue weighted by Gasteiger charge is 2.40. The fourth-order valence-electron chi connectivity index (χ4n) is 4.64. The number of anilines is 2. The highest BCUT2D eigenvalue weighted by Crippen LogP contribution is 2.40. The zero-order valence-corrected chi connectivity index (χ0v) is 22.7. The van der Waals surface area contributed by atoms with E-state index in [1.54, 1.807) is 35.0 Å². The number of ether oxygens (including phenoxy) is 2. The van der Waals surface area contributed by atoms with Gasteiger partial charge in [0.1, 0.15) is 11.7 Å². The summed E-state index contributed by atoms with van der Waals surface area (Å²) in [6, 6.07) is 8.40. The van der Waals surface area contributed by atoms with Crippen LogP contribution < -0.4 is 19.7 Å². The number of carbonyl (C=O) groups excluding carboxylic acids is 2. The number of aromatic nitrogens is 3. The number of hydrogen-bond acceptors (Lipinski definition) is 6. The van der Waals surface area contributed by atoms with Crippen molar-refractivity contribution in [3.8, 4) is 17.6 Å². The maximum Gasteiger partial charge on any atom is 0.319 e. The van der Waals surface area contributed by atoms with Crippen LogP contribution in [0.2, 0.25) is 5.02 Å². The molecule has 5 rings (SSSR count). The van der Waals surface area contributed by atoms with Crippen LogP contribution in [0.4, 0.5) is 20.2 Å². The lowest BCUT2D eigenvalue weighted by Gasteiger charge is -2.28. The van der Waals surface area contributed by atoms with Crippen molar-refractivity contribution in [2.24, 2.45) is 0 Å². The van der Waals surface area contributed by atoms with Crippen LogP contribution in [0.5, 0.6) is 11.9 Å². The van der Waals surface area contributed by atoms with Crippen LogP contribution in [0.1, 0.15) is 47.4 Å². The van der Waals surface area contributed by atoms with E-state index in [1.165, 1.54) is 26.5 Å². The minimum Gasteiger partial charge on any atom is -0.479 e. The summed E-state index contributed by atoms with van der Waals surface area (Å²) in [5.74, 6) is -3.25. The third-order valence-electron chi connectivity index (χ3n) is 6.51. The number of hydrogen-bond donors (Lipinski definition) is 1. The Morgan fingerprint density at radius 3 is 2.55 bits per heavy atom. The van der Waals surface area contributed by atoms with E-state index in [2.05, 4.69) is 15.3 Å². The molecular formula is C28H24ClF2N5O4. The predicted octanol–water partition coefficient (Wildman–Crippen LogP) is 5.68. The highest BCUT2D eigenvalue weighted by molar-refractivity contribution is 6.31. The molecule has 40 heavy (non-hydrogen) atoms. The molecule has 9 nitrogen and oxygen atoms in total. The van der Waals surface area contributed by atoms with Gasteiger partial charge in [-0.15, -0.1) is 0 Å². The Bertz CT molecular complexity index is 1640. The second-order valence-corrected chi connectivity index (χ2v) is 9.76. The third-order valence-corrected chi connectivity index (χ3v) is 6.75. The topological polar surface area (TPSA) is 98.6 Å². The second-order valence-electron chi connectivity index (χ2n) is 9.33. The first-order valence-electron chi connectivity index (χ1n) is 12.2. The van der Waals surface area contributed by atoms with E-state index < -0.39 is 29.5 Å². The standard InChI is InChI=1S/C28H24ClF2N5O4/c1-14(2)22-9-15(13-35(22)23-12-32-28(40-4)34-26(23)39-3)27(38)36(17-6-8-19(30)20(31)11-17)24-18-7-5-16(29)10-21(18)33-25(24)37/h5-14,24H,1-4H3,(H,33,37). The van der Waals surface area contributed by atoms with Gasteiger partial charge in [-0.2, -0.15) is 4.98 Å². The van der Waals surface area contributed by atoms with E-state index in [9.17, 15) is 18.4 Å². The normalized spacial score (nSPS) is 14.2. The minimum absolute atomic E-state index is 0.00365. The maximum atomic E-state index is 14.4. The molecule has 2 aromatic heterocycles.